The second-order valence-electron chi connectivity index (χ2n) is 10.1. The first-order valence-corrected chi connectivity index (χ1v) is 12.6. The summed E-state index contributed by atoms with van der Waals surface area (Å²) in [6.45, 7) is 6.87. The van der Waals surface area contributed by atoms with Gasteiger partial charge in [-0.25, -0.2) is 9.37 Å². The molecule has 0 aromatic rings. The Morgan fingerprint density at radius 3 is 2.69 bits per heavy atom. The van der Waals surface area contributed by atoms with Crippen LogP contribution in [0.4, 0.5) is 4.39 Å². The third kappa shape index (κ3) is 5.46. The van der Waals surface area contributed by atoms with E-state index in [9.17, 15) is 9.59 Å². The van der Waals surface area contributed by atoms with Crippen molar-refractivity contribution in [2.24, 2.45) is 10.7 Å². The summed E-state index contributed by atoms with van der Waals surface area (Å²) in [7, 11) is 0. The summed E-state index contributed by atoms with van der Waals surface area (Å²) in [5, 5.41) is 0. The van der Waals surface area contributed by atoms with E-state index in [4.69, 9.17) is 15.5 Å². The number of allylic oxidation sites excluding steroid dienone is 3. The molecule has 2 N–H and O–H groups in total. The molecule has 2 atom stereocenters. The number of nitrogens with zero attached hydrogens (tertiary/aromatic N) is 2. The number of ketones is 1. The number of nitrogens with two attached hydrogens (primary N) is 1. The molecule has 1 amide bonds. The summed E-state index contributed by atoms with van der Waals surface area (Å²) in [5.74, 6) is -0.641. The van der Waals surface area contributed by atoms with Gasteiger partial charge in [-0.05, 0) is 81.2 Å². The number of alkyl halides is 1. The van der Waals surface area contributed by atoms with Crippen LogP contribution in [0.2, 0.25) is 0 Å². The molecule has 36 heavy (non-hydrogen) atoms. The van der Waals surface area contributed by atoms with Crippen LogP contribution in [-0.4, -0.2) is 41.6 Å². The Bertz CT molecular complexity index is 1240. The van der Waals surface area contributed by atoms with Crippen LogP contribution in [0.1, 0.15) is 80.1 Å². The maximum Gasteiger partial charge on any atom is 0.243 e. The smallest absolute Gasteiger partial charge is 0.243 e. The van der Waals surface area contributed by atoms with Gasteiger partial charge < -0.3 is 10.5 Å². The minimum atomic E-state index is -1.66. The molecule has 6 nitrogen and oxygen atoms in total. The van der Waals surface area contributed by atoms with Gasteiger partial charge in [0.15, 0.2) is 0 Å². The molecule has 0 bridgehead atoms. The quantitative estimate of drug-likeness (QED) is 0.493. The largest absolute Gasteiger partial charge is 0.368 e. The topological polar surface area (TPSA) is 94.6 Å². The van der Waals surface area contributed by atoms with Crippen LogP contribution in [0.25, 0.3) is 16.8 Å². The summed E-state index contributed by atoms with van der Waals surface area (Å²) in [5.41, 5.74) is 8.88. The van der Waals surface area contributed by atoms with Gasteiger partial charge in [0, 0.05) is 17.3 Å². The van der Waals surface area contributed by atoms with Gasteiger partial charge >= 0.3 is 0 Å². The van der Waals surface area contributed by atoms with Crippen LogP contribution in [0.5, 0.6) is 0 Å². The number of aliphatic imine (C=N–C) groups is 1. The summed E-state index contributed by atoms with van der Waals surface area (Å²) < 4.78 is 21.1. The number of hydrogen-bond donors (Lipinski definition) is 1. The molecule has 0 aromatic carbocycles. The average molecular weight is 492 g/mol. The molecule has 2 unspecified atom stereocenters. The van der Waals surface area contributed by atoms with E-state index in [-0.39, 0.29) is 24.5 Å². The highest BCUT2D eigenvalue weighted by atomic mass is 19.1. The molecule has 2 aliphatic carbocycles. The number of fused-ring (bicyclic) bond motifs is 1. The first kappa shape index (κ1) is 25.9. The standard InChI is InChI=1S/C29H34FN3O3/c1-5-21-13-20(15-32-21)19-10-12-23-17(2)26(33-27(23)24(14-19)29(3,4)30)28(35)18-7-6-8-22(11-9-18)36-16-25(31)34/h7,10,12-15,21-22H,5-6,8-9,11,16H2,1-4H3,(H2,31,34). The van der Waals surface area contributed by atoms with Crippen molar-refractivity contribution >= 4 is 23.5 Å². The van der Waals surface area contributed by atoms with Gasteiger partial charge in [-0.1, -0.05) is 31.2 Å². The van der Waals surface area contributed by atoms with Crippen molar-refractivity contribution in [3.05, 3.63) is 58.3 Å². The van der Waals surface area contributed by atoms with E-state index in [1.54, 1.807) is 0 Å². The Morgan fingerprint density at radius 2 is 2.03 bits per heavy atom. The molecule has 4 aliphatic rings. The van der Waals surface area contributed by atoms with Gasteiger partial charge in [0.1, 0.15) is 18.0 Å². The molecule has 0 spiro atoms. The van der Waals surface area contributed by atoms with Crippen LogP contribution < -0.4 is 5.73 Å². The maximum atomic E-state index is 15.5. The monoisotopic (exact) mass is 491 g/mol. The van der Waals surface area contributed by atoms with Crippen molar-refractivity contribution in [1.29, 1.82) is 0 Å². The first-order valence-electron chi connectivity index (χ1n) is 12.6. The third-order valence-corrected chi connectivity index (χ3v) is 6.97. The fourth-order valence-electron chi connectivity index (χ4n) is 4.86. The highest BCUT2D eigenvalue weighted by Crippen LogP contribution is 2.39. The Kier molecular flexibility index (Phi) is 7.50. The second kappa shape index (κ2) is 10.4. The number of carbonyl (C=O) groups is 2. The Morgan fingerprint density at radius 1 is 1.25 bits per heavy atom. The fraction of sp³-hybridized carbons (Fsp3) is 0.448. The van der Waals surface area contributed by atoms with E-state index in [1.807, 2.05) is 37.4 Å². The molecule has 7 heteroatoms. The van der Waals surface area contributed by atoms with Crippen LogP contribution in [0.3, 0.4) is 0 Å². The molecule has 0 fully saturated rings. The molecule has 190 valence electrons. The lowest BCUT2D eigenvalue weighted by Gasteiger charge is -2.16. The van der Waals surface area contributed by atoms with E-state index >= 15 is 4.39 Å². The molecular weight excluding hydrogens is 457 g/mol. The van der Waals surface area contributed by atoms with Gasteiger partial charge in [-0.2, -0.15) is 0 Å². The highest BCUT2D eigenvalue weighted by molar-refractivity contribution is 6.12. The molecule has 0 aromatic heterocycles. The zero-order valence-electron chi connectivity index (χ0n) is 21.4. The Labute approximate surface area is 211 Å². The average Bonchev–Trinajstić information content (AvgIpc) is 3.26. The number of halogens is 1. The number of amides is 1. The highest BCUT2D eigenvalue weighted by Gasteiger charge is 2.31. The predicted molar refractivity (Wildman–Crippen MR) is 140 cm³/mol. The van der Waals surface area contributed by atoms with Gasteiger partial charge in [0.2, 0.25) is 11.7 Å². The number of primary amides is 1. The number of ether oxygens (including phenoxy) is 1. The van der Waals surface area contributed by atoms with Crippen molar-refractivity contribution in [3.63, 3.8) is 0 Å². The molecule has 0 radical (unpaired) electrons. The predicted octanol–water partition coefficient (Wildman–Crippen LogP) is 5.50. The van der Waals surface area contributed by atoms with Crippen molar-refractivity contribution in [2.45, 2.75) is 77.6 Å². The minimum Gasteiger partial charge on any atom is -0.368 e. The fourth-order valence-corrected chi connectivity index (χ4v) is 4.86. The minimum absolute atomic E-state index is 0.120. The van der Waals surface area contributed by atoms with E-state index in [0.29, 0.717) is 41.8 Å². The second-order valence-corrected chi connectivity index (χ2v) is 10.1. The zero-order valence-corrected chi connectivity index (χ0v) is 21.4. The molecule has 2 heterocycles. The molecule has 0 saturated carbocycles. The molecule has 4 rings (SSSR count). The normalized spacial score (nSPS) is 20.2. The number of carbonyl (C=O) groups excluding carboxylic acids is 2. The number of hydrogen-bond acceptors (Lipinski definition) is 5. The van der Waals surface area contributed by atoms with Crippen molar-refractivity contribution < 1.29 is 18.7 Å². The number of aromatic nitrogens is 1. The molecule has 0 saturated heterocycles. The van der Waals surface area contributed by atoms with E-state index in [1.165, 1.54) is 13.8 Å². The Hall–Kier alpha value is -3.19. The lowest BCUT2D eigenvalue weighted by Crippen LogP contribution is -2.23. The van der Waals surface area contributed by atoms with E-state index in [2.05, 4.69) is 18.0 Å². The van der Waals surface area contributed by atoms with Crippen LogP contribution in [0.15, 0.2) is 40.9 Å². The van der Waals surface area contributed by atoms with Gasteiger partial charge in [-0.3, -0.25) is 14.6 Å². The van der Waals surface area contributed by atoms with Gasteiger partial charge in [0.25, 0.3) is 0 Å². The van der Waals surface area contributed by atoms with Crippen LogP contribution >= 0.6 is 0 Å². The number of Topliss-reactive ketones (excluding diaryl/α,β-unsaturated/α-hetero) is 1. The lowest BCUT2D eigenvalue weighted by molar-refractivity contribution is -0.124. The zero-order chi connectivity index (χ0) is 26.0. The van der Waals surface area contributed by atoms with Crippen LogP contribution in [0, 0.1) is 6.92 Å². The third-order valence-electron chi connectivity index (χ3n) is 6.97. The summed E-state index contributed by atoms with van der Waals surface area (Å²) in [6.07, 6.45) is 9.20. The van der Waals surface area contributed by atoms with Crippen molar-refractivity contribution in [3.8, 4) is 11.3 Å². The Balaban J connectivity index is 1.68. The lowest BCUT2D eigenvalue weighted by atomic mass is 9.95. The van der Waals surface area contributed by atoms with E-state index in [0.717, 1.165) is 35.1 Å². The van der Waals surface area contributed by atoms with E-state index < -0.39 is 11.6 Å². The van der Waals surface area contributed by atoms with Gasteiger partial charge in [0.05, 0.1) is 17.8 Å². The first-order chi connectivity index (χ1) is 17.1. The summed E-state index contributed by atoms with van der Waals surface area (Å²) in [4.78, 5) is 33.8. The SMILES string of the molecule is CCC1C=C(c2ccc3c(C)c(C(=O)C4=CCCC(OCC(N)=O)CC4)nc-3c(C(C)(C)F)c2)C=N1. The van der Waals surface area contributed by atoms with Crippen molar-refractivity contribution in [1.82, 2.24) is 4.98 Å². The molecule has 2 aliphatic heterocycles. The maximum absolute atomic E-state index is 15.5. The van der Waals surface area contributed by atoms with Crippen molar-refractivity contribution in [2.75, 3.05) is 6.61 Å². The van der Waals surface area contributed by atoms with Crippen LogP contribution in [-0.2, 0) is 15.2 Å². The number of rotatable bonds is 8. The summed E-state index contributed by atoms with van der Waals surface area (Å²) >= 11 is 0. The summed E-state index contributed by atoms with van der Waals surface area (Å²) in [6, 6.07) is 5.87. The molecular formula is C29H34FN3O3. The van der Waals surface area contributed by atoms with Gasteiger partial charge in [-0.15, -0.1) is 0 Å².